The molecule has 0 unspecified atom stereocenters. The van der Waals surface area contributed by atoms with Crippen LogP contribution in [0.4, 0.5) is 26.1 Å². The second-order valence-electron chi connectivity index (χ2n) is 7.87. The molecule has 1 N–H and O–H groups in total. The van der Waals surface area contributed by atoms with Gasteiger partial charge >= 0.3 is 0 Å². The number of methoxy groups -OCH3 is 1. The third-order valence-electron chi connectivity index (χ3n) is 5.85. The number of hydrogen-bond acceptors (Lipinski definition) is 7. The predicted molar refractivity (Wildman–Crippen MR) is 116 cm³/mol. The number of hydrogen-bond donors (Lipinski definition) is 1. The van der Waals surface area contributed by atoms with Gasteiger partial charge in [0.15, 0.2) is 11.6 Å². The minimum Gasteiger partial charge on any atom is -0.494 e. The number of nitrogens with zero attached hydrogens (tertiary/aromatic N) is 5. The van der Waals surface area contributed by atoms with Gasteiger partial charge in [0.2, 0.25) is 5.95 Å². The van der Waals surface area contributed by atoms with Crippen molar-refractivity contribution < 1.29 is 18.3 Å². The summed E-state index contributed by atoms with van der Waals surface area (Å²) in [5, 5.41) is 7.36. The fourth-order valence-electron chi connectivity index (χ4n) is 3.98. The van der Waals surface area contributed by atoms with Crippen LogP contribution in [-0.2, 0) is 4.74 Å². The van der Waals surface area contributed by atoms with Crippen LogP contribution in [0.15, 0.2) is 42.7 Å². The van der Waals surface area contributed by atoms with Crippen LogP contribution in [-0.4, -0.2) is 72.2 Å². The number of rotatable bonds is 6. The molecular formula is C22H24F2N6O2. The van der Waals surface area contributed by atoms with Crippen molar-refractivity contribution in [3.05, 3.63) is 54.4 Å². The van der Waals surface area contributed by atoms with Gasteiger partial charge < -0.3 is 19.7 Å². The highest BCUT2D eigenvalue weighted by molar-refractivity contribution is 5.62. The van der Waals surface area contributed by atoms with E-state index in [2.05, 4.69) is 25.2 Å². The molecule has 2 fully saturated rings. The summed E-state index contributed by atoms with van der Waals surface area (Å²) < 4.78 is 40.0. The number of anilines is 3. The second-order valence-corrected chi connectivity index (χ2v) is 7.87. The first kappa shape index (κ1) is 20.7. The topological polar surface area (TPSA) is 67.7 Å². The average molecular weight is 442 g/mol. The van der Waals surface area contributed by atoms with E-state index in [9.17, 15) is 8.78 Å². The molecule has 0 atom stereocenters. The Labute approximate surface area is 184 Å². The van der Waals surface area contributed by atoms with Crippen LogP contribution in [0, 0.1) is 11.6 Å². The lowest BCUT2D eigenvalue weighted by Gasteiger charge is -2.43. The first-order chi connectivity index (χ1) is 15.6. The highest BCUT2D eigenvalue weighted by atomic mass is 19.1. The largest absolute Gasteiger partial charge is 0.494 e. The summed E-state index contributed by atoms with van der Waals surface area (Å²) in [6, 6.07) is 9.86. The summed E-state index contributed by atoms with van der Waals surface area (Å²) in [5.41, 5.74) is 1.86. The molecule has 2 aliphatic rings. The van der Waals surface area contributed by atoms with E-state index in [0.717, 1.165) is 45.1 Å². The van der Waals surface area contributed by atoms with Crippen LogP contribution in [0.1, 0.15) is 0 Å². The standard InChI is InChI=1S/C22H24F2N6O2/c1-31-21-3-2-17(11-20(21)24)30-14-25-22(27-30)26-16-8-15(23)9-18(10-16)28-4-6-29(7-5-28)19-12-32-13-19/h2-3,8-11,14,19H,4-7,12-13H2,1H3,(H,26,27). The number of halogens is 2. The van der Waals surface area contributed by atoms with Gasteiger partial charge in [-0.05, 0) is 30.3 Å². The summed E-state index contributed by atoms with van der Waals surface area (Å²) in [7, 11) is 1.41. The molecule has 32 heavy (non-hydrogen) atoms. The number of piperazine rings is 1. The fourth-order valence-corrected chi connectivity index (χ4v) is 3.98. The highest BCUT2D eigenvalue weighted by Crippen LogP contribution is 2.26. The molecule has 0 bridgehead atoms. The lowest BCUT2D eigenvalue weighted by Crippen LogP contribution is -2.56. The van der Waals surface area contributed by atoms with E-state index in [1.807, 2.05) is 6.07 Å². The monoisotopic (exact) mass is 442 g/mol. The van der Waals surface area contributed by atoms with Crippen molar-refractivity contribution in [1.82, 2.24) is 19.7 Å². The SMILES string of the molecule is COc1ccc(-n2cnc(Nc3cc(F)cc(N4CCN(C5COC5)CC4)c3)n2)cc1F. The van der Waals surface area contributed by atoms with Crippen molar-refractivity contribution in [1.29, 1.82) is 0 Å². The maximum Gasteiger partial charge on any atom is 0.246 e. The normalized spacial score (nSPS) is 17.3. The molecule has 10 heteroatoms. The molecule has 0 amide bonds. The van der Waals surface area contributed by atoms with Crippen LogP contribution in [0.3, 0.4) is 0 Å². The van der Waals surface area contributed by atoms with Crippen molar-refractivity contribution in [2.75, 3.05) is 56.7 Å². The van der Waals surface area contributed by atoms with Crippen molar-refractivity contribution in [2.45, 2.75) is 6.04 Å². The Morgan fingerprint density at radius 2 is 1.84 bits per heavy atom. The summed E-state index contributed by atoms with van der Waals surface area (Å²) in [6.45, 7) is 5.12. The Morgan fingerprint density at radius 1 is 1.03 bits per heavy atom. The van der Waals surface area contributed by atoms with Gasteiger partial charge in [0.05, 0.1) is 32.1 Å². The molecule has 2 aliphatic heterocycles. The van der Waals surface area contributed by atoms with E-state index in [4.69, 9.17) is 9.47 Å². The summed E-state index contributed by atoms with van der Waals surface area (Å²) in [5.74, 6) is -0.389. The van der Waals surface area contributed by atoms with Crippen molar-refractivity contribution in [3.8, 4) is 11.4 Å². The minimum absolute atomic E-state index is 0.154. The van der Waals surface area contributed by atoms with Gasteiger partial charge in [0.1, 0.15) is 12.1 Å². The molecule has 0 aliphatic carbocycles. The van der Waals surface area contributed by atoms with Gasteiger partial charge in [-0.2, -0.15) is 4.98 Å². The average Bonchev–Trinajstić information content (AvgIpc) is 3.21. The Hall–Kier alpha value is -3.24. The molecule has 1 aromatic heterocycles. The van der Waals surface area contributed by atoms with Gasteiger partial charge in [-0.3, -0.25) is 4.90 Å². The zero-order valence-corrected chi connectivity index (χ0v) is 17.7. The molecule has 0 radical (unpaired) electrons. The van der Waals surface area contributed by atoms with Crippen LogP contribution in [0.25, 0.3) is 5.69 Å². The van der Waals surface area contributed by atoms with Gasteiger partial charge in [0.25, 0.3) is 0 Å². The first-order valence-corrected chi connectivity index (χ1v) is 10.5. The molecule has 3 aromatic rings. The Kier molecular flexibility index (Phi) is 5.62. The van der Waals surface area contributed by atoms with Gasteiger partial charge in [-0.1, -0.05) is 0 Å². The lowest BCUT2D eigenvalue weighted by atomic mass is 10.1. The third kappa shape index (κ3) is 4.23. The summed E-state index contributed by atoms with van der Waals surface area (Å²) >= 11 is 0. The maximum atomic E-state index is 14.3. The van der Waals surface area contributed by atoms with E-state index in [-0.39, 0.29) is 17.5 Å². The Balaban J connectivity index is 1.28. The third-order valence-corrected chi connectivity index (χ3v) is 5.85. The number of ether oxygens (including phenoxy) is 2. The molecule has 0 saturated carbocycles. The predicted octanol–water partition coefficient (Wildman–Crippen LogP) is 2.82. The van der Waals surface area contributed by atoms with Gasteiger partial charge in [-0.25, -0.2) is 13.5 Å². The van der Waals surface area contributed by atoms with Crippen LogP contribution in [0.5, 0.6) is 5.75 Å². The molecule has 3 heterocycles. The highest BCUT2D eigenvalue weighted by Gasteiger charge is 2.29. The van der Waals surface area contributed by atoms with Crippen molar-refractivity contribution in [2.24, 2.45) is 0 Å². The molecule has 8 nitrogen and oxygen atoms in total. The molecule has 5 rings (SSSR count). The first-order valence-electron chi connectivity index (χ1n) is 10.5. The second kappa shape index (κ2) is 8.71. The van der Waals surface area contributed by atoms with E-state index < -0.39 is 5.82 Å². The molecule has 168 valence electrons. The number of benzene rings is 2. The maximum absolute atomic E-state index is 14.3. The fraction of sp³-hybridized carbons (Fsp3) is 0.364. The van der Waals surface area contributed by atoms with E-state index in [1.165, 1.54) is 36.3 Å². The molecular weight excluding hydrogens is 418 g/mol. The number of nitrogens with one attached hydrogen (secondary N) is 1. The van der Waals surface area contributed by atoms with E-state index in [1.54, 1.807) is 12.1 Å². The Bertz CT molecular complexity index is 1100. The summed E-state index contributed by atoms with van der Waals surface area (Å²) in [6.07, 6.45) is 1.47. The number of aromatic nitrogens is 3. The molecule has 2 saturated heterocycles. The minimum atomic E-state index is -0.491. The Morgan fingerprint density at radius 3 is 2.53 bits per heavy atom. The van der Waals surface area contributed by atoms with Crippen molar-refractivity contribution >= 4 is 17.3 Å². The van der Waals surface area contributed by atoms with Crippen LogP contribution >= 0.6 is 0 Å². The molecule has 0 spiro atoms. The van der Waals surface area contributed by atoms with Crippen LogP contribution < -0.4 is 15.0 Å². The van der Waals surface area contributed by atoms with E-state index >= 15 is 0 Å². The van der Waals surface area contributed by atoms with Gasteiger partial charge in [0, 0.05) is 43.6 Å². The zero-order chi connectivity index (χ0) is 22.1. The van der Waals surface area contributed by atoms with Gasteiger partial charge in [-0.15, -0.1) is 5.10 Å². The molecule has 2 aromatic carbocycles. The zero-order valence-electron chi connectivity index (χ0n) is 17.7. The van der Waals surface area contributed by atoms with E-state index in [0.29, 0.717) is 17.4 Å². The lowest BCUT2D eigenvalue weighted by molar-refractivity contribution is -0.0660. The quantitative estimate of drug-likeness (QED) is 0.630. The van der Waals surface area contributed by atoms with Crippen LogP contribution in [0.2, 0.25) is 0 Å². The van der Waals surface area contributed by atoms with Crippen molar-refractivity contribution in [3.63, 3.8) is 0 Å². The summed E-state index contributed by atoms with van der Waals surface area (Å²) in [4.78, 5) is 8.81. The smallest absolute Gasteiger partial charge is 0.246 e.